The maximum atomic E-state index is 13.2. The van der Waals surface area contributed by atoms with Gasteiger partial charge in [0.1, 0.15) is 5.82 Å². The molecule has 4 bridgehead atoms. The average Bonchev–Trinajstić information content (AvgIpc) is 2.72. The normalized spacial score (nSPS) is 29.0. The number of hydrogen-bond acceptors (Lipinski definition) is 3. The number of nitrogens with one attached hydrogen (secondary N) is 1. The molecule has 164 valence electrons. The Balaban J connectivity index is 1.37. The third-order valence-corrected chi connectivity index (χ3v) is 9.14. The van der Waals surface area contributed by atoms with E-state index < -0.39 is 15.8 Å². The highest BCUT2D eigenvalue weighted by Gasteiger charge is 2.51. The van der Waals surface area contributed by atoms with Crippen molar-refractivity contribution >= 4 is 21.6 Å². The Morgan fingerprint density at radius 2 is 1.58 bits per heavy atom. The predicted molar refractivity (Wildman–Crippen MR) is 117 cm³/mol. The fourth-order valence-electron chi connectivity index (χ4n) is 6.32. The summed E-state index contributed by atoms with van der Waals surface area (Å²) in [5, 5.41) is 3.30. The van der Waals surface area contributed by atoms with E-state index in [2.05, 4.69) is 5.32 Å². The third kappa shape index (κ3) is 3.73. The zero-order valence-electron chi connectivity index (χ0n) is 17.6. The average molecular weight is 443 g/mol. The van der Waals surface area contributed by atoms with Gasteiger partial charge in [-0.05, 0) is 98.7 Å². The second-order valence-electron chi connectivity index (χ2n) is 9.63. The molecule has 1 N–H and O–H groups in total. The van der Waals surface area contributed by atoms with Crippen LogP contribution in [0.1, 0.15) is 48.9 Å². The van der Waals surface area contributed by atoms with Crippen molar-refractivity contribution in [3.8, 4) is 0 Å². The van der Waals surface area contributed by atoms with Crippen molar-refractivity contribution in [3.05, 3.63) is 59.9 Å². The van der Waals surface area contributed by atoms with Crippen LogP contribution in [0.25, 0.3) is 0 Å². The van der Waals surface area contributed by atoms with E-state index in [0.29, 0.717) is 29.0 Å². The zero-order valence-corrected chi connectivity index (χ0v) is 18.4. The second kappa shape index (κ2) is 7.33. The van der Waals surface area contributed by atoms with Crippen molar-refractivity contribution in [1.29, 1.82) is 0 Å². The van der Waals surface area contributed by atoms with Crippen LogP contribution in [0.5, 0.6) is 0 Å². The molecule has 0 heterocycles. The highest BCUT2D eigenvalue weighted by atomic mass is 32.2. The molecular weight excluding hydrogens is 415 g/mol. The first-order valence-corrected chi connectivity index (χ1v) is 12.4. The van der Waals surface area contributed by atoms with Gasteiger partial charge in [-0.3, -0.25) is 9.10 Å². The maximum Gasteiger partial charge on any atom is 0.264 e. The van der Waals surface area contributed by atoms with Crippen molar-refractivity contribution in [2.45, 2.75) is 49.0 Å². The van der Waals surface area contributed by atoms with Crippen LogP contribution in [0.2, 0.25) is 0 Å². The predicted octanol–water partition coefficient (Wildman–Crippen LogP) is 4.35. The standard InChI is InChI=1S/C24H27FN2O3S/c1-27(21-7-5-20(25)6-8-21)31(29,30)22-4-2-3-19(12-22)23(28)26-24-13-16-9-17(14-24)11-18(10-16)15-24/h2-8,12,16-18H,9-11,13-15H2,1H3,(H,26,28). The number of amides is 1. The van der Waals surface area contributed by atoms with E-state index in [1.54, 1.807) is 12.1 Å². The van der Waals surface area contributed by atoms with Crippen LogP contribution >= 0.6 is 0 Å². The Bertz CT molecular complexity index is 1080. The molecule has 31 heavy (non-hydrogen) atoms. The van der Waals surface area contributed by atoms with Gasteiger partial charge in [-0.2, -0.15) is 0 Å². The van der Waals surface area contributed by atoms with Crippen LogP contribution in [0.15, 0.2) is 53.4 Å². The first-order valence-electron chi connectivity index (χ1n) is 10.9. The summed E-state index contributed by atoms with van der Waals surface area (Å²) in [4.78, 5) is 13.2. The Labute approximate surface area is 182 Å². The Kier molecular flexibility index (Phi) is 4.84. The van der Waals surface area contributed by atoms with E-state index >= 15 is 0 Å². The van der Waals surface area contributed by atoms with Gasteiger partial charge in [0, 0.05) is 18.2 Å². The molecule has 0 spiro atoms. The Morgan fingerprint density at radius 1 is 1.00 bits per heavy atom. The lowest BCUT2D eigenvalue weighted by atomic mass is 9.53. The lowest BCUT2D eigenvalue weighted by Crippen LogP contribution is -2.59. The van der Waals surface area contributed by atoms with Gasteiger partial charge in [0.25, 0.3) is 15.9 Å². The highest BCUT2D eigenvalue weighted by molar-refractivity contribution is 7.92. The summed E-state index contributed by atoms with van der Waals surface area (Å²) in [5.74, 6) is 1.49. The van der Waals surface area contributed by atoms with E-state index in [0.717, 1.165) is 23.6 Å². The minimum atomic E-state index is -3.88. The second-order valence-corrected chi connectivity index (χ2v) is 11.6. The van der Waals surface area contributed by atoms with Crippen molar-refractivity contribution in [2.75, 3.05) is 11.4 Å². The molecule has 0 saturated heterocycles. The maximum absolute atomic E-state index is 13.2. The summed E-state index contributed by atoms with van der Waals surface area (Å²) in [6, 6.07) is 11.4. The number of carbonyl (C=O) groups is 1. The quantitative estimate of drug-likeness (QED) is 0.749. The van der Waals surface area contributed by atoms with E-state index in [4.69, 9.17) is 0 Å². The molecule has 0 aromatic heterocycles. The SMILES string of the molecule is CN(c1ccc(F)cc1)S(=O)(=O)c1cccc(C(=O)NC23CC4CC(CC(C4)C2)C3)c1. The first-order chi connectivity index (χ1) is 14.7. The minimum absolute atomic E-state index is 0.0393. The molecular formula is C24H27FN2O3S. The molecule has 6 rings (SSSR count). The summed E-state index contributed by atoms with van der Waals surface area (Å²) in [7, 11) is -2.46. The fourth-order valence-corrected chi connectivity index (χ4v) is 7.56. The number of sulfonamides is 1. The number of hydrogen-bond donors (Lipinski definition) is 1. The van der Waals surface area contributed by atoms with Crippen LogP contribution in [-0.2, 0) is 10.0 Å². The topological polar surface area (TPSA) is 66.5 Å². The molecule has 2 aromatic rings. The van der Waals surface area contributed by atoms with Gasteiger partial charge in [-0.1, -0.05) is 6.07 Å². The number of halogens is 1. The number of nitrogens with zero attached hydrogens (tertiary/aromatic N) is 1. The van der Waals surface area contributed by atoms with Gasteiger partial charge in [0.15, 0.2) is 0 Å². The Morgan fingerprint density at radius 3 is 2.16 bits per heavy atom. The van der Waals surface area contributed by atoms with Gasteiger partial charge >= 0.3 is 0 Å². The summed E-state index contributed by atoms with van der Waals surface area (Å²) >= 11 is 0. The molecule has 0 atom stereocenters. The summed E-state index contributed by atoms with van der Waals surface area (Å²) in [6.45, 7) is 0. The molecule has 4 aliphatic rings. The van der Waals surface area contributed by atoms with Crippen LogP contribution in [0.3, 0.4) is 0 Å². The Hall–Kier alpha value is -2.41. The molecule has 1 amide bonds. The molecule has 7 heteroatoms. The van der Waals surface area contributed by atoms with Crippen LogP contribution in [-0.4, -0.2) is 26.9 Å². The highest BCUT2D eigenvalue weighted by Crippen LogP contribution is 2.55. The van der Waals surface area contributed by atoms with Crippen molar-refractivity contribution in [1.82, 2.24) is 5.32 Å². The van der Waals surface area contributed by atoms with Crippen molar-refractivity contribution in [3.63, 3.8) is 0 Å². The monoisotopic (exact) mass is 442 g/mol. The van der Waals surface area contributed by atoms with Crippen LogP contribution < -0.4 is 9.62 Å². The lowest BCUT2D eigenvalue weighted by Gasteiger charge is -2.56. The van der Waals surface area contributed by atoms with E-state index in [9.17, 15) is 17.6 Å². The zero-order chi connectivity index (χ0) is 21.8. The lowest BCUT2D eigenvalue weighted by molar-refractivity contribution is -0.0167. The molecule has 2 aromatic carbocycles. The van der Waals surface area contributed by atoms with Crippen molar-refractivity contribution in [2.24, 2.45) is 17.8 Å². The van der Waals surface area contributed by atoms with Gasteiger partial charge in [0.05, 0.1) is 10.6 Å². The molecule has 4 aliphatic carbocycles. The summed E-state index contributed by atoms with van der Waals surface area (Å²) in [6.07, 6.45) is 6.98. The van der Waals surface area contributed by atoms with Gasteiger partial charge in [-0.15, -0.1) is 0 Å². The van der Waals surface area contributed by atoms with Crippen LogP contribution in [0.4, 0.5) is 10.1 Å². The first kappa shape index (κ1) is 20.5. The molecule has 0 unspecified atom stereocenters. The molecule has 5 nitrogen and oxygen atoms in total. The van der Waals surface area contributed by atoms with E-state index in [1.807, 2.05) is 0 Å². The smallest absolute Gasteiger partial charge is 0.264 e. The molecule has 4 saturated carbocycles. The number of carbonyl (C=O) groups excluding carboxylic acids is 1. The van der Waals surface area contributed by atoms with Gasteiger partial charge < -0.3 is 5.32 Å². The van der Waals surface area contributed by atoms with Crippen molar-refractivity contribution < 1.29 is 17.6 Å². The van der Waals surface area contributed by atoms with E-state index in [-0.39, 0.29) is 16.3 Å². The number of anilines is 1. The molecule has 0 radical (unpaired) electrons. The molecule has 0 aliphatic heterocycles. The van der Waals surface area contributed by atoms with Gasteiger partial charge in [-0.25, -0.2) is 12.8 Å². The third-order valence-electron chi connectivity index (χ3n) is 7.36. The number of benzene rings is 2. The number of rotatable bonds is 5. The summed E-state index contributed by atoms with van der Waals surface area (Å²) in [5.41, 5.74) is 0.570. The fraction of sp³-hybridized carbons (Fsp3) is 0.458. The molecule has 4 fully saturated rings. The van der Waals surface area contributed by atoms with Gasteiger partial charge in [0.2, 0.25) is 0 Å². The van der Waals surface area contributed by atoms with E-state index in [1.165, 1.54) is 62.7 Å². The summed E-state index contributed by atoms with van der Waals surface area (Å²) < 4.78 is 40.5. The largest absolute Gasteiger partial charge is 0.347 e. The van der Waals surface area contributed by atoms with Crippen LogP contribution in [0, 0.1) is 23.6 Å². The minimum Gasteiger partial charge on any atom is -0.347 e.